The van der Waals surface area contributed by atoms with E-state index in [1.54, 1.807) is 6.07 Å². The summed E-state index contributed by atoms with van der Waals surface area (Å²) in [5.41, 5.74) is 6.62. The molecule has 0 amide bonds. The summed E-state index contributed by atoms with van der Waals surface area (Å²) in [6.07, 6.45) is 2.35. The highest BCUT2D eigenvalue weighted by atomic mass is 35.5. The van der Waals surface area contributed by atoms with Gasteiger partial charge in [-0.15, -0.1) is 0 Å². The largest absolute Gasteiger partial charge is 0.340 e. The first-order valence-electron chi connectivity index (χ1n) is 5.65. The fourth-order valence-corrected chi connectivity index (χ4v) is 2.33. The van der Waals surface area contributed by atoms with Crippen molar-refractivity contribution in [3.05, 3.63) is 16.9 Å². The van der Waals surface area contributed by atoms with Gasteiger partial charge in [-0.05, 0) is 38.3 Å². The summed E-state index contributed by atoms with van der Waals surface area (Å²) in [5.74, 6) is 1.29. The smallest absolute Gasteiger partial charge is 0.226 e. The number of hydrogen-bond acceptors (Lipinski definition) is 4. The Hall–Kier alpha value is -0.870. The molecule has 4 nitrogen and oxygen atoms in total. The second-order valence-electron chi connectivity index (χ2n) is 4.32. The number of aromatic nitrogens is 2. The van der Waals surface area contributed by atoms with Gasteiger partial charge in [-0.2, -0.15) is 0 Å². The fraction of sp³-hybridized carbons (Fsp3) is 0.636. The number of piperidine rings is 1. The third-order valence-corrected chi connectivity index (χ3v) is 3.14. The molecule has 5 heteroatoms. The van der Waals surface area contributed by atoms with E-state index < -0.39 is 0 Å². The highest BCUT2D eigenvalue weighted by Crippen LogP contribution is 2.21. The molecular weight excluding hydrogens is 224 g/mol. The molecule has 2 N–H and O–H groups in total. The van der Waals surface area contributed by atoms with Gasteiger partial charge in [0.15, 0.2) is 0 Å². The van der Waals surface area contributed by atoms with Crippen molar-refractivity contribution in [1.29, 1.82) is 0 Å². The summed E-state index contributed by atoms with van der Waals surface area (Å²) < 4.78 is 0. The lowest BCUT2D eigenvalue weighted by molar-refractivity contribution is 0.419. The molecule has 1 fully saturated rings. The first kappa shape index (κ1) is 11.6. The van der Waals surface area contributed by atoms with Crippen LogP contribution in [0.3, 0.4) is 0 Å². The molecular formula is C11H17ClN4. The van der Waals surface area contributed by atoms with Crippen LogP contribution >= 0.6 is 11.6 Å². The monoisotopic (exact) mass is 240 g/mol. The van der Waals surface area contributed by atoms with Crippen LogP contribution in [0.4, 0.5) is 5.95 Å². The van der Waals surface area contributed by atoms with Gasteiger partial charge in [0.1, 0.15) is 5.15 Å². The van der Waals surface area contributed by atoms with Gasteiger partial charge >= 0.3 is 0 Å². The molecule has 1 aromatic heterocycles. The summed E-state index contributed by atoms with van der Waals surface area (Å²) >= 11 is 5.94. The van der Waals surface area contributed by atoms with Crippen molar-refractivity contribution in [2.75, 3.05) is 24.5 Å². The first-order valence-corrected chi connectivity index (χ1v) is 6.03. The predicted octanol–water partition coefficient (Wildman–Crippen LogP) is 1.61. The van der Waals surface area contributed by atoms with E-state index in [1.807, 2.05) is 6.92 Å². The maximum Gasteiger partial charge on any atom is 0.226 e. The van der Waals surface area contributed by atoms with Gasteiger partial charge < -0.3 is 10.6 Å². The van der Waals surface area contributed by atoms with Crippen molar-refractivity contribution in [3.8, 4) is 0 Å². The fourth-order valence-electron chi connectivity index (χ4n) is 2.10. The van der Waals surface area contributed by atoms with E-state index in [1.165, 1.54) is 6.42 Å². The topological polar surface area (TPSA) is 55.0 Å². The number of hydrogen-bond donors (Lipinski definition) is 1. The van der Waals surface area contributed by atoms with Gasteiger partial charge in [-0.1, -0.05) is 11.6 Å². The van der Waals surface area contributed by atoms with E-state index in [9.17, 15) is 0 Å². The average Bonchev–Trinajstić information content (AvgIpc) is 2.28. The number of halogens is 1. The SMILES string of the molecule is Cc1cc(Cl)nc(N2CCCC(CN)C2)n1. The molecule has 0 aliphatic carbocycles. The number of nitrogens with zero attached hydrogens (tertiary/aromatic N) is 3. The molecule has 0 radical (unpaired) electrons. The van der Waals surface area contributed by atoms with E-state index >= 15 is 0 Å². The molecule has 0 saturated carbocycles. The van der Waals surface area contributed by atoms with Gasteiger partial charge in [0.05, 0.1) is 0 Å². The first-order chi connectivity index (χ1) is 7.69. The minimum Gasteiger partial charge on any atom is -0.340 e. The highest BCUT2D eigenvalue weighted by Gasteiger charge is 2.20. The third kappa shape index (κ3) is 2.62. The zero-order valence-corrected chi connectivity index (χ0v) is 10.2. The predicted molar refractivity (Wildman–Crippen MR) is 65.8 cm³/mol. The van der Waals surface area contributed by atoms with Crippen LogP contribution in [-0.4, -0.2) is 29.6 Å². The Bertz CT molecular complexity index is 349. The Morgan fingerprint density at radius 2 is 2.38 bits per heavy atom. The zero-order valence-electron chi connectivity index (χ0n) is 9.49. The van der Waals surface area contributed by atoms with Crippen LogP contribution in [0.2, 0.25) is 5.15 Å². The molecule has 16 heavy (non-hydrogen) atoms. The maximum absolute atomic E-state index is 5.94. The molecule has 1 atom stereocenters. The molecule has 0 spiro atoms. The van der Waals surface area contributed by atoms with Crippen molar-refractivity contribution < 1.29 is 0 Å². The summed E-state index contributed by atoms with van der Waals surface area (Å²) in [7, 11) is 0. The number of rotatable bonds is 2. The van der Waals surface area contributed by atoms with Crippen LogP contribution in [0.5, 0.6) is 0 Å². The van der Waals surface area contributed by atoms with E-state index in [-0.39, 0.29) is 0 Å². The van der Waals surface area contributed by atoms with Gasteiger partial charge in [0.25, 0.3) is 0 Å². The van der Waals surface area contributed by atoms with Crippen molar-refractivity contribution in [2.45, 2.75) is 19.8 Å². The lowest BCUT2D eigenvalue weighted by Crippen LogP contribution is -2.39. The quantitative estimate of drug-likeness (QED) is 0.799. The van der Waals surface area contributed by atoms with Crippen LogP contribution in [-0.2, 0) is 0 Å². The number of aryl methyl sites for hydroxylation is 1. The van der Waals surface area contributed by atoms with E-state index in [0.717, 1.165) is 37.7 Å². The normalized spacial score (nSPS) is 21.2. The average molecular weight is 241 g/mol. The standard InChI is InChI=1S/C11H17ClN4/c1-8-5-10(12)15-11(14-8)16-4-2-3-9(6-13)7-16/h5,9H,2-4,6-7,13H2,1H3. The van der Waals surface area contributed by atoms with Gasteiger partial charge in [-0.3, -0.25) is 0 Å². The Morgan fingerprint density at radius 3 is 3.06 bits per heavy atom. The Kier molecular flexibility index (Phi) is 3.61. The summed E-state index contributed by atoms with van der Waals surface area (Å²) in [5, 5.41) is 0.511. The van der Waals surface area contributed by atoms with Gasteiger partial charge in [0.2, 0.25) is 5.95 Å². The van der Waals surface area contributed by atoms with Gasteiger partial charge in [0, 0.05) is 18.8 Å². The second-order valence-corrected chi connectivity index (χ2v) is 4.71. The van der Waals surface area contributed by atoms with Crippen LogP contribution in [0.15, 0.2) is 6.07 Å². The molecule has 1 aliphatic rings. The third-order valence-electron chi connectivity index (χ3n) is 2.95. The molecule has 88 valence electrons. The lowest BCUT2D eigenvalue weighted by Gasteiger charge is -2.32. The van der Waals surface area contributed by atoms with E-state index in [2.05, 4.69) is 14.9 Å². The zero-order chi connectivity index (χ0) is 11.5. The Labute approximate surface area is 101 Å². The Morgan fingerprint density at radius 1 is 1.56 bits per heavy atom. The molecule has 1 saturated heterocycles. The van der Waals surface area contributed by atoms with Crippen molar-refractivity contribution >= 4 is 17.5 Å². The molecule has 2 heterocycles. The lowest BCUT2D eigenvalue weighted by atomic mass is 9.99. The van der Waals surface area contributed by atoms with E-state index in [0.29, 0.717) is 11.1 Å². The molecule has 1 aromatic rings. The Balaban J connectivity index is 2.16. The van der Waals surface area contributed by atoms with Crippen molar-refractivity contribution in [3.63, 3.8) is 0 Å². The minimum absolute atomic E-state index is 0.511. The van der Waals surface area contributed by atoms with Gasteiger partial charge in [-0.25, -0.2) is 9.97 Å². The summed E-state index contributed by atoms with van der Waals surface area (Å²) in [6.45, 7) is 4.60. The van der Waals surface area contributed by atoms with Crippen molar-refractivity contribution in [2.24, 2.45) is 11.7 Å². The van der Waals surface area contributed by atoms with Crippen molar-refractivity contribution in [1.82, 2.24) is 9.97 Å². The summed E-state index contributed by atoms with van der Waals surface area (Å²) in [6, 6.07) is 1.77. The van der Waals surface area contributed by atoms with Crippen LogP contribution in [0.1, 0.15) is 18.5 Å². The number of anilines is 1. The maximum atomic E-state index is 5.94. The molecule has 0 bridgehead atoms. The summed E-state index contributed by atoms with van der Waals surface area (Å²) in [4.78, 5) is 10.9. The van der Waals surface area contributed by atoms with E-state index in [4.69, 9.17) is 17.3 Å². The molecule has 0 aromatic carbocycles. The second kappa shape index (κ2) is 4.97. The molecule has 1 unspecified atom stereocenters. The number of nitrogens with two attached hydrogens (primary N) is 1. The van der Waals surface area contributed by atoms with Crippen LogP contribution < -0.4 is 10.6 Å². The van der Waals surface area contributed by atoms with Crippen LogP contribution in [0, 0.1) is 12.8 Å². The highest BCUT2D eigenvalue weighted by molar-refractivity contribution is 6.29. The molecule has 1 aliphatic heterocycles. The molecule has 2 rings (SSSR count). The minimum atomic E-state index is 0.511. The van der Waals surface area contributed by atoms with Crippen LogP contribution in [0.25, 0.3) is 0 Å².